The molecule has 5 heteroatoms. The Morgan fingerprint density at radius 1 is 1.37 bits per heavy atom. The summed E-state index contributed by atoms with van der Waals surface area (Å²) >= 11 is 0. The summed E-state index contributed by atoms with van der Waals surface area (Å²) in [6, 6.07) is 0.596. The molecule has 0 radical (unpaired) electrons. The van der Waals surface area contributed by atoms with Crippen LogP contribution in [-0.4, -0.2) is 41.1 Å². The van der Waals surface area contributed by atoms with Crippen LogP contribution < -0.4 is 5.32 Å². The highest BCUT2D eigenvalue weighted by Crippen LogP contribution is 2.35. The zero-order chi connectivity index (χ0) is 13.1. The summed E-state index contributed by atoms with van der Waals surface area (Å²) in [6.45, 7) is 2.51. The fourth-order valence-electron chi connectivity index (χ4n) is 3.07. The molecule has 0 unspecified atom stereocenters. The molecule has 0 aromatic carbocycles. The Morgan fingerprint density at radius 2 is 2.11 bits per heavy atom. The molecule has 5 nitrogen and oxygen atoms in total. The molecule has 1 aromatic heterocycles. The van der Waals surface area contributed by atoms with Crippen molar-refractivity contribution >= 4 is 0 Å². The second-order valence-corrected chi connectivity index (χ2v) is 5.54. The van der Waals surface area contributed by atoms with Crippen LogP contribution in [0.5, 0.6) is 0 Å². The molecule has 1 saturated carbocycles. The van der Waals surface area contributed by atoms with E-state index in [2.05, 4.69) is 14.9 Å². The molecule has 1 aromatic rings. The van der Waals surface area contributed by atoms with Crippen LogP contribution in [0.4, 0.5) is 0 Å². The van der Waals surface area contributed by atoms with Gasteiger partial charge in [-0.1, -0.05) is 0 Å². The van der Waals surface area contributed by atoms with E-state index in [1.54, 1.807) is 0 Å². The maximum Gasteiger partial charge on any atom is 0.168 e. The third-order valence-electron chi connectivity index (χ3n) is 4.26. The Labute approximate surface area is 114 Å². The van der Waals surface area contributed by atoms with E-state index in [1.165, 1.54) is 0 Å². The average molecular weight is 265 g/mol. The lowest BCUT2D eigenvalue weighted by atomic mass is 9.90. The SMILES string of the molecule is Cn1ccnc1CCNC1CCC2(CC1)OCCO2. The topological polar surface area (TPSA) is 48.3 Å². The van der Waals surface area contributed by atoms with Crippen LogP contribution in [0.15, 0.2) is 12.4 Å². The first-order chi connectivity index (χ1) is 9.27. The standard InChI is InChI=1S/C14H23N3O2/c1-17-9-8-16-13(17)4-7-15-12-2-5-14(6-3-12)18-10-11-19-14/h8-9,12,15H,2-7,10-11H2,1H3. The molecule has 0 atom stereocenters. The van der Waals surface area contributed by atoms with Crippen molar-refractivity contribution in [2.24, 2.45) is 7.05 Å². The van der Waals surface area contributed by atoms with Crippen molar-refractivity contribution < 1.29 is 9.47 Å². The first-order valence-corrected chi connectivity index (χ1v) is 7.25. The van der Waals surface area contributed by atoms with E-state index in [9.17, 15) is 0 Å². The highest BCUT2D eigenvalue weighted by Gasteiger charge is 2.39. The van der Waals surface area contributed by atoms with Gasteiger partial charge in [-0.25, -0.2) is 4.98 Å². The van der Waals surface area contributed by atoms with E-state index >= 15 is 0 Å². The van der Waals surface area contributed by atoms with E-state index in [1.807, 2.05) is 19.4 Å². The number of hydrogen-bond acceptors (Lipinski definition) is 4. The summed E-state index contributed by atoms with van der Waals surface area (Å²) in [5.41, 5.74) is 0. The van der Waals surface area contributed by atoms with Gasteiger partial charge in [0.2, 0.25) is 0 Å². The highest BCUT2D eigenvalue weighted by molar-refractivity contribution is 4.92. The van der Waals surface area contributed by atoms with Crippen LogP contribution in [0, 0.1) is 0 Å². The minimum Gasteiger partial charge on any atom is -0.348 e. The number of nitrogens with zero attached hydrogens (tertiary/aromatic N) is 2. The minimum atomic E-state index is -0.238. The van der Waals surface area contributed by atoms with Crippen molar-refractivity contribution in [2.45, 2.75) is 43.9 Å². The van der Waals surface area contributed by atoms with Crippen LogP contribution in [0.2, 0.25) is 0 Å². The zero-order valence-corrected chi connectivity index (χ0v) is 11.6. The van der Waals surface area contributed by atoms with Gasteiger partial charge in [0.1, 0.15) is 5.82 Å². The molecule has 19 heavy (non-hydrogen) atoms. The number of hydrogen-bond donors (Lipinski definition) is 1. The molecule has 0 amide bonds. The van der Waals surface area contributed by atoms with E-state index in [-0.39, 0.29) is 5.79 Å². The molecule has 2 heterocycles. The van der Waals surface area contributed by atoms with Crippen molar-refractivity contribution in [3.8, 4) is 0 Å². The minimum absolute atomic E-state index is 0.238. The van der Waals surface area contributed by atoms with Crippen molar-refractivity contribution in [3.63, 3.8) is 0 Å². The summed E-state index contributed by atoms with van der Waals surface area (Å²) < 4.78 is 13.6. The van der Waals surface area contributed by atoms with Crippen molar-refractivity contribution in [1.82, 2.24) is 14.9 Å². The van der Waals surface area contributed by atoms with E-state index in [0.29, 0.717) is 6.04 Å². The third-order valence-corrected chi connectivity index (χ3v) is 4.26. The Kier molecular flexibility index (Phi) is 3.86. The first kappa shape index (κ1) is 13.1. The quantitative estimate of drug-likeness (QED) is 0.890. The number of ether oxygens (including phenoxy) is 2. The second-order valence-electron chi connectivity index (χ2n) is 5.54. The zero-order valence-electron chi connectivity index (χ0n) is 11.6. The van der Waals surface area contributed by atoms with Crippen LogP contribution in [-0.2, 0) is 22.9 Å². The number of rotatable bonds is 4. The lowest BCUT2D eigenvalue weighted by molar-refractivity contribution is -0.179. The Bertz CT molecular complexity index is 403. The molecule has 2 aliphatic rings. The lowest BCUT2D eigenvalue weighted by Gasteiger charge is -2.35. The maximum absolute atomic E-state index is 5.75. The van der Waals surface area contributed by atoms with Crippen molar-refractivity contribution in [1.29, 1.82) is 0 Å². The van der Waals surface area contributed by atoms with E-state index in [4.69, 9.17) is 9.47 Å². The highest BCUT2D eigenvalue weighted by atomic mass is 16.7. The normalized spacial score (nSPS) is 23.2. The third kappa shape index (κ3) is 2.99. The average Bonchev–Trinajstić information content (AvgIpc) is 3.03. The molecule has 3 rings (SSSR count). The van der Waals surface area contributed by atoms with E-state index < -0.39 is 0 Å². The van der Waals surface area contributed by atoms with Gasteiger partial charge in [-0.3, -0.25) is 0 Å². The van der Waals surface area contributed by atoms with Gasteiger partial charge in [0, 0.05) is 51.3 Å². The second kappa shape index (κ2) is 5.61. The van der Waals surface area contributed by atoms with Gasteiger partial charge in [-0.15, -0.1) is 0 Å². The summed E-state index contributed by atoms with van der Waals surface area (Å²) in [7, 11) is 2.04. The van der Waals surface area contributed by atoms with Crippen LogP contribution >= 0.6 is 0 Å². The Balaban J connectivity index is 1.39. The summed E-state index contributed by atoms with van der Waals surface area (Å²) in [5.74, 6) is 0.903. The Hall–Kier alpha value is -0.910. The molecule has 1 aliphatic carbocycles. The molecule has 1 aliphatic heterocycles. The summed E-state index contributed by atoms with van der Waals surface area (Å²) in [6.07, 6.45) is 9.16. The Morgan fingerprint density at radius 3 is 2.74 bits per heavy atom. The first-order valence-electron chi connectivity index (χ1n) is 7.25. The van der Waals surface area contributed by atoms with Gasteiger partial charge in [-0.2, -0.15) is 0 Å². The number of nitrogens with one attached hydrogen (secondary N) is 1. The molecule has 1 spiro atoms. The fourth-order valence-corrected chi connectivity index (χ4v) is 3.07. The number of aryl methyl sites for hydroxylation is 1. The molecule has 106 valence electrons. The van der Waals surface area contributed by atoms with Gasteiger partial charge in [0.15, 0.2) is 5.79 Å². The lowest BCUT2D eigenvalue weighted by Crippen LogP contribution is -2.42. The maximum atomic E-state index is 5.75. The van der Waals surface area contributed by atoms with Crippen LogP contribution in [0.1, 0.15) is 31.5 Å². The smallest absolute Gasteiger partial charge is 0.168 e. The predicted octanol–water partition coefficient (Wildman–Crippen LogP) is 1.24. The molecule has 1 saturated heterocycles. The number of aromatic nitrogens is 2. The number of imidazole rings is 1. The van der Waals surface area contributed by atoms with Crippen molar-refractivity contribution in [3.05, 3.63) is 18.2 Å². The van der Waals surface area contributed by atoms with Gasteiger partial charge >= 0.3 is 0 Å². The van der Waals surface area contributed by atoms with Crippen LogP contribution in [0.3, 0.4) is 0 Å². The molecular formula is C14H23N3O2. The van der Waals surface area contributed by atoms with Gasteiger partial charge in [-0.05, 0) is 12.8 Å². The monoisotopic (exact) mass is 265 g/mol. The van der Waals surface area contributed by atoms with Gasteiger partial charge in [0.05, 0.1) is 13.2 Å². The largest absolute Gasteiger partial charge is 0.348 e. The van der Waals surface area contributed by atoms with Gasteiger partial charge < -0.3 is 19.4 Å². The fraction of sp³-hybridized carbons (Fsp3) is 0.786. The summed E-state index contributed by atoms with van der Waals surface area (Å²) in [5, 5.41) is 3.63. The molecule has 1 N–H and O–H groups in total. The van der Waals surface area contributed by atoms with Gasteiger partial charge in [0.25, 0.3) is 0 Å². The summed E-state index contributed by atoms with van der Waals surface area (Å²) in [4.78, 5) is 4.34. The predicted molar refractivity (Wildman–Crippen MR) is 71.8 cm³/mol. The van der Waals surface area contributed by atoms with E-state index in [0.717, 1.165) is 57.7 Å². The molecular weight excluding hydrogens is 242 g/mol. The van der Waals surface area contributed by atoms with Crippen LogP contribution in [0.25, 0.3) is 0 Å². The molecule has 2 fully saturated rings. The van der Waals surface area contributed by atoms with Crippen molar-refractivity contribution in [2.75, 3.05) is 19.8 Å². The molecule has 0 bridgehead atoms.